The zero-order valence-electron chi connectivity index (χ0n) is 9.63. The second-order valence-corrected chi connectivity index (χ2v) is 4.48. The maximum atomic E-state index is 9.71. The van der Waals surface area contributed by atoms with E-state index in [2.05, 4.69) is 0 Å². The molecule has 1 aromatic rings. The highest BCUT2D eigenvalue weighted by Crippen LogP contribution is 2.25. The van der Waals surface area contributed by atoms with Crippen LogP contribution < -0.4 is 5.73 Å². The van der Waals surface area contributed by atoms with Gasteiger partial charge in [-0.3, -0.25) is 0 Å². The Balaban J connectivity index is 2.02. The third-order valence-electron chi connectivity index (χ3n) is 2.95. The molecule has 0 saturated carbocycles. The van der Waals surface area contributed by atoms with Gasteiger partial charge in [0.25, 0.3) is 0 Å². The molecule has 0 amide bonds. The summed E-state index contributed by atoms with van der Waals surface area (Å²) in [4.78, 5) is 0. The van der Waals surface area contributed by atoms with E-state index in [1.807, 2.05) is 30.3 Å². The number of hydrogen-bond donors (Lipinski definition) is 3. The number of aliphatic hydroxyl groups is 2. The first-order valence-electron chi connectivity index (χ1n) is 5.72. The van der Waals surface area contributed by atoms with E-state index in [-0.39, 0.29) is 5.76 Å². The summed E-state index contributed by atoms with van der Waals surface area (Å²) in [6.45, 7) is 0. The van der Waals surface area contributed by atoms with Crippen LogP contribution in [0.15, 0.2) is 53.8 Å². The van der Waals surface area contributed by atoms with E-state index in [9.17, 15) is 10.2 Å². The first-order chi connectivity index (χ1) is 8.07. The van der Waals surface area contributed by atoms with Crippen molar-refractivity contribution in [2.45, 2.75) is 25.0 Å². The number of aliphatic hydroxyl groups excluding tert-OH is 1. The largest absolute Gasteiger partial charge is 0.508 e. The molecule has 0 bridgehead atoms. The predicted octanol–water partition coefficient (Wildman–Crippen LogP) is 2.04. The van der Waals surface area contributed by atoms with Crippen molar-refractivity contribution in [3.8, 4) is 0 Å². The van der Waals surface area contributed by atoms with Gasteiger partial charge in [-0.25, -0.2) is 0 Å². The van der Waals surface area contributed by atoms with E-state index < -0.39 is 5.72 Å². The van der Waals surface area contributed by atoms with Gasteiger partial charge in [0.05, 0.1) is 0 Å². The highest BCUT2D eigenvalue weighted by molar-refractivity contribution is 5.29. The lowest BCUT2D eigenvalue weighted by atomic mass is 9.92. The van der Waals surface area contributed by atoms with Crippen molar-refractivity contribution in [1.82, 2.24) is 0 Å². The Labute approximate surface area is 101 Å². The van der Waals surface area contributed by atoms with Gasteiger partial charge in [-0.2, -0.15) is 0 Å². The van der Waals surface area contributed by atoms with E-state index in [4.69, 9.17) is 5.73 Å². The molecule has 3 nitrogen and oxygen atoms in total. The van der Waals surface area contributed by atoms with Crippen molar-refractivity contribution in [1.29, 1.82) is 0 Å². The Kier molecular flexibility index (Phi) is 3.31. The maximum absolute atomic E-state index is 9.71. The van der Waals surface area contributed by atoms with Crippen LogP contribution in [-0.2, 0) is 6.42 Å². The van der Waals surface area contributed by atoms with Crippen LogP contribution in [0, 0.1) is 0 Å². The van der Waals surface area contributed by atoms with Crippen LogP contribution in [0.1, 0.15) is 18.4 Å². The summed E-state index contributed by atoms with van der Waals surface area (Å²) >= 11 is 0. The van der Waals surface area contributed by atoms with Gasteiger partial charge < -0.3 is 15.9 Å². The quantitative estimate of drug-likeness (QED) is 0.697. The summed E-state index contributed by atoms with van der Waals surface area (Å²) in [7, 11) is 0. The summed E-state index contributed by atoms with van der Waals surface area (Å²) < 4.78 is 0. The van der Waals surface area contributed by atoms with Crippen LogP contribution in [0.3, 0.4) is 0 Å². The average molecular weight is 231 g/mol. The molecule has 1 aliphatic rings. The molecule has 1 unspecified atom stereocenters. The van der Waals surface area contributed by atoms with Crippen LogP contribution in [0.25, 0.3) is 0 Å². The third-order valence-corrected chi connectivity index (χ3v) is 2.95. The van der Waals surface area contributed by atoms with Gasteiger partial charge >= 0.3 is 0 Å². The summed E-state index contributed by atoms with van der Waals surface area (Å²) in [6, 6.07) is 10.0. The molecule has 0 fully saturated rings. The molecule has 3 heteroatoms. The Bertz CT molecular complexity index is 447. The van der Waals surface area contributed by atoms with Gasteiger partial charge in [-0.05, 0) is 36.1 Å². The van der Waals surface area contributed by atoms with E-state index >= 15 is 0 Å². The molecule has 1 atom stereocenters. The lowest BCUT2D eigenvalue weighted by molar-refractivity contribution is 0.0935. The van der Waals surface area contributed by atoms with Gasteiger partial charge in [0, 0.05) is 6.42 Å². The Hall–Kier alpha value is -1.58. The topological polar surface area (TPSA) is 66.5 Å². The molecule has 0 heterocycles. The van der Waals surface area contributed by atoms with Gasteiger partial charge in [0.15, 0.2) is 0 Å². The zero-order valence-corrected chi connectivity index (χ0v) is 9.63. The number of benzene rings is 1. The van der Waals surface area contributed by atoms with E-state index in [0.717, 1.165) is 12.0 Å². The van der Waals surface area contributed by atoms with Crippen molar-refractivity contribution < 1.29 is 10.2 Å². The van der Waals surface area contributed by atoms with E-state index in [1.54, 1.807) is 0 Å². The number of rotatable bonds is 3. The molecule has 4 N–H and O–H groups in total. The fraction of sp³-hybridized carbons (Fsp3) is 0.286. The monoisotopic (exact) mass is 231 g/mol. The summed E-state index contributed by atoms with van der Waals surface area (Å²) in [5.41, 5.74) is 6.32. The molecule has 0 radical (unpaired) electrons. The normalized spacial score (nSPS) is 24.1. The fourth-order valence-corrected chi connectivity index (χ4v) is 1.99. The number of nitrogens with two attached hydrogens (primary N) is 1. The van der Waals surface area contributed by atoms with Crippen molar-refractivity contribution in [3.63, 3.8) is 0 Å². The molecule has 1 aliphatic carbocycles. The van der Waals surface area contributed by atoms with Crippen LogP contribution in [-0.4, -0.2) is 15.9 Å². The SMILES string of the molecule is NC1(O)C=CC(O)=C(CCc2ccccc2)C1. The summed E-state index contributed by atoms with van der Waals surface area (Å²) in [6.07, 6.45) is 4.74. The van der Waals surface area contributed by atoms with Crippen LogP contribution >= 0.6 is 0 Å². The van der Waals surface area contributed by atoms with Crippen molar-refractivity contribution in [2.75, 3.05) is 0 Å². The van der Waals surface area contributed by atoms with Gasteiger partial charge in [-0.1, -0.05) is 30.3 Å². The minimum absolute atomic E-state index is 0.232. The molecule has 0 saturated heterocycles. The standard InChI is InChI=1S/C14H17NO2/c15-14(17)9-8-13(16)12(10-14)7-6-11-4-2-1-3-5-11/h1-5,8-9,16-17H,6-7,10,15H2. The van der Waals surface area contributed by atoms with Crippen LogP contribution in [0.4, 0.5) is 0 Å². The molecule has 90 valence electrons. The zero-order chi connectivity index (χ0) is 12.3. The number of allylic oxidation sites excluding steroid dienone is 1. The number of hydrogen-bond acceptors (Lipinski definition) is 3. The minimum Gasteiger partial charge on any atom is -0.508 e. The highest BCUT2D eigenvalue weighted by Gasteiger charge is 2.24. The van der Waals surface area contributed by atoms with Crippen LogP contribution in [0.2, 0.25) is 0 Å². The lowest BCUT2D eigenvalue weighted by Crippen LogP contribution is -2.39. The highest BCUT2D eigenvalue weighted by atomic mass is 16.3. The van der Waals surface area contributed by atoms with Crippen molar-refractivity contribution >= 4 is 0 Å². The predicted molar refractivity (Wildman–Crippen MR) is 67.3 cm³/mol. The fourth-order valence-electron chi connectivity index (χ4n) is 1.99. The lowest BCUT2D eigenvalue weighted by Gasteiger charge is -2.25. The van der Waals surface area contributed by atoms with Gasteiger partial charge in [-0.15, -0.1) is 0 Å². The van der Waals surface area contributed by atoms with Crippen LogP contribution in [0.5, 0.6) is 0 Å². The minimum atomic E-state index is -1.32. The maximum Gasteiger partial charge on any atom is 0.136 e. The van der Waals surface area contributed by atoms with Gasteiger partial charge in [0.2, 0.25) is 0 Å². The number of aryl methyl sites for hydroxylation is 1. The first-order valence-corrected chi connectivity index (χ1v) is 5.72. The molecule has 2 rings (SSSR count). The molecular formula is C14H17NO2. The summed E-state index contributed by atoms with van der Waals surface area (Å²) in [5, 5.41) is 19.4. The molecule has 0 aromatic heterocycles. The van der Waals surface area contributed by atoms with Gasteiger partial charge in [0.1, 0.15) is 11.5 Å². The Morgan fingerprint density at radius 2 is 1.88 bits per heavy atom. The Morgan fingerprint density at radius 1 is 1.18 bits per heavy atom. The molecule has 0 aliphatic heterocycles. The smallest absolute Gasteiger partial charge is 0.136 e. The first kappa shape index (κ1) is 11.9. The molecule has 17 heavy (non-hydrogen) atoms. The second-order valence-electron chi connectivity index (χ2n) is 4.48. The molecule has 0 spiro atoms. The van der Waals surface area contributed by atoms with Crippen molar-refractivity contribution in [3.05, 3.63) is 59.4 Å². The Morgan fingerprint density at radius 3 is 2.59 bits per heavy atom. The molecule has 1 aromatic carbocycles. The average Bonchev–Trinajstić information content (AvgIpc) is 2.32. The molecular weight excluding hydrogens is 214 g/mol. The second kappa shape index (κ2) is 4.73. The van der Waals surface area contributed by atoms with E-state index in [0.29, 0.717) is 12.8 Å². The third kappa shape index (κ3) is 3.19. The van der Waals surface area contributed by atoms with E-state index in [1.165, 1.54) is 17.7 Å². The van der Waals surface area contributed by atoms with Crippen molar-refractivity contribution in [2.24, 2.45) is 5.73 Å². The summed E-state index contributed by atoms with van der Waals surface area (Å²) in [5.74, 6) is 0.232.